The minimum absolute atomic E-state index is 0.438. The molecule has 7 heteroatoms. The van der Waals surface area contributed by atoms with E-state index < -0.39 is 12.0 Å². The summed E-state index contributed by atoms with van der Waals surface area (Å²) in [4.78, 5) is 11.3. The molecule has 4 nitrogen and oxygen atoms in total. The van der Waals surface area contributed by atoms with E-state index in [4.69, 9.17) is 17.3 Å². The third-order valence-electron chi connectivity index (χ3n) is 4.27. The lowest BCUT2D eigenvalue weighted by molar-refractivity contribution is 0.100. The first-order valence-electron chi connectivity index (χ1n) is 7.61. The molecule has 3 unspecified atom stereocenters. The van der Waals surface area contributed by atoms with Gasteiger partial charge in [0.2, 0.25) is 0 Å². The number of thiophene rings is 1. The molecule has 0 aromatic carbocycles. The van der Waals surface area contributed by atoms with Crippen LogP contribution in [0.3, 0.4) is 0 Å². The second kappa shape index (κ2) is 7.40. The number of hydrogen-bond donors (Lipinski definition) is 3. The molecule has 0 spiro atoms. The number of carbonyl (C=O) groups is 1. The molecular formula is C16H19ClN2O2S2. The van der Waals surface area contributed by atoms with Crippen molar-refractivity contribution in [3.8, 4) is 0 Å². The number of nitrogens with one attached hydrogen (secondary N) is 1. The van der Waals surface area contributed by atoms with Gasteiger partial charge >= 0.3 is 0 Å². The van der Waals surface area contributed by atoms with Crippen molar-refractivity contribution < 1.29 is 9.90 Å². The predicted molar refractivity (Wildman–Crippen MR) is 95.6 cm³/mol. The van der Waals surface area contributed by atoms with Gasteiger partial charge in [0.1, 0.15) is 0 Å². The maximum atomic E-state index is 10.8. The topological polar surface area (TPSA) is 75.4 Å². The Balaban J connectivity index is 0.000000140. The van der Waals surface area contributed by atoms with E-state index in [0.717, 1.165) is 26.6 Å². The van der Waals surface area contributed by atoms with E-state index in [9.17, 15) is 9.90 Å². The summed E-state index contributed by atoms with van der Waals surface area (Å²) in [5.74, 6) is 1.13. The van der Waals surface area contributed by atoms with E-state index in [0.29, 0.717) is 11.4 Å². The Morgan fingerprint density at radius 2 is 2.17 bits per heavy atom. The van der Waals surface area contributed by atoms with Crippen LogP contribution in [-0.2, 0) is 0 Å². The highest BCUT2D eigenvalue weighted by molar-refractivity contribution is 7.99. The van der Waals surface area contributed by atoms with Crippen LogP contribution in [-0.4, -0.2) is 17.6 Å². The maximum absolute atomic E-state index is 10.8. The number of hydrogen-bond acceptors (Lipinski definition) is 5. The van der Waals surface area contributed by atoms with E-state index in [1.807, 2.05) is 6.08 Å². The lowest BCUT2D eigenvalue weighted by atomic mass is 9.92. The molecule has 2 heterocycles. The lowest BCUT2D eigenvalue weighted by Gasteiger charge is -2.16. The molecule has 2 aliphatic carbocycles. The summed E-state index contributed by atoms with van der Waals surface area (Å²) in [5, 5.41) is 10.5. The minimum atomic E-state index is -0.527. The number of rotatable bonds is 1. The number of nitrogens with two attached hydrogens (primary N) is 1. The molecule has 4 rings (SSSR count). The van der Waals surface area contributed by atoms with Crippen molar-refractivity contribution in [1.82, 2.24) is 4.72 Å². The van der Waals surface area contributed by atoms with Crippen molar-refractivity contribution in [2.24, 2.45) is 17.6 Å². The van der Waals surface area contributed by atoms with Gasteiger partial charge in [-0.2, -0.15) is 0 Å². The van der Waals surface area contributed by atoms with Crippen LogP contribution in [0, 0.1) is 11.8 Å². The Bertz CT molecular complexity index is 657. The zero-order valence-electron chi connectivity index (χ0n) is 12.5. The van der Waals surface area contributed by atoms with Crippen LogP contribution in [0.25, 0.3) is 0 Å². The standard InChI is InChI=1S/C9H11Cl.C7H8N2O2S2/c10-9-5-4-7-2-1-3-8(7)6-9;8-6(11)5-1-3-4(10)2-9-13-7(3)12-5/h4-8H,1-3H2;1,4,9-10H,2H2,(H2,8,11). The Labute approximate surface area is 148 Å². The van der Waals surface area contributed by atoms with Crippen LogP contribution in [0.15, 0.2) is 33.5 Å². The van der Waals surface area contributed by atoms with Crippen LogP contribution >= 0.6 is 34.9 Å². The van der Waals surface area contributed by atoms with Crippen LogP contribution < -0.4 is 10.5 Å². The molecule has 4 N–H and O–H groups in total. The van der Waals surface area contributed by atoms with Crippen molar-refractivity contribution in [2.45, 2.75) is 29.6 Å². The normalized spacial score (nSPS) is 28.3. The summed E-state index contributed by atoms with van der Waals surface area (Å²) < 4.78 is 3.89. The first-order valence-corrected chi connectivity index (χ1v) is 9.62. The molecule has 3 atom stereocenters. The van der Waals surface area contributed by atoms with Crippen LogP contribution in [0.4, 0.5) is 0 Å². The second-order valence-corrected chi connectivity index (χ2v) is 8.50. The molecule has 1 amide bonds. The van der Waals surface area contributed by atoms with Crippen molar-refractivity contribution in [3.05, 3.63) is 39.8 Å². The predicted octanol–water partition coefficient (Wildman–Crippen LogP) is 3.59. The highest BCUT2D eigenvalue weighted by Crippen LogP contribution is 2.38. The number of fused-ring (bicyclic) bond motifs is 2. The van der Waals surface area contributed by atoms with E-state index in [-0.39, 0.29) is 0 Å². The van der Waals surface area contributed by atoms with Gasteiger partial charge in [-0.05, 0) is 48.8 Å². The minimum Gasteiger partial charge on any atom is -0.387 e. The fraction of sp³-hybridized carbons (Fsp3) is 0.438. The third-order valence-corrected chi connectivity index (χ3v) is 6.71. The van der Waals surface area contributed by atoms with Crippen molar-refractivity contribution in [1.29, 1.82) is 0 Å². The molecule has 1 fully saturated rings. The second-order valence-electron chi connectivity index (χ2n) is 5.85. The fourth-order valence-corrected chi connectivity index (χ4v) is 5.39. The SMILES string of the molecule is ClC1=CC2CCCC2C=C1.NC(=O)c1cc2c(s1)SNCC2O. The van der Waals surface area contributed by atoms with E-state index >= 15 is 0 Å². The molecule has 1 saturated carbocycles. The maximum Gasteiger partial charge on any atom is 0.258 e. The smallest absolute Gasteiger partial charge is 0.258 e. The van der Waals surface area contributed by atoms with E-state index in [1.165, 1.54) is 42.5 Å². The van der Waals surface area contributed by atoms with Gasteiger partial charge in [-0.3, -0.25) is 9.52 Å². The highest BCUT2D eigenvalue weighted by atomic mass is 35.5. The first-order chi connectivity index (χ1) is 11.0. The van der Waals surface area contributed by atoms with E-state index in [1.54, 1.807) is 6.07 Å². The molecule has 3 aliphatic rings. The van der Waals surface area contributed by atoms with Crippen LogP contribution in [0.1, 0.15) is 40.6 Å². The largest absolute Gasteiger partial charge is 0.387 e. The zero-order valence-corrected chi connectivity index (χ0v) is 14.9. The average molecular weight is 371 g/mol. The number of carbonyl (C=O) groups excluding carboxylic acids is 1. The molecule has 0 radical (unpaired) electrons. The average Bonchev–Trinajstić information content (AvgIpc) is 3.14. The summed E-state index contributed by atoms with van der Waals surface area (Å²) in [7, 11) is 0. The first kappa shape index (κ1) is 17.0. The number of primary amides is 1. The van der Waals surface area contributed by atoms with Gasteiger partial charge in [0.25, 0.3) is 5.91 Å². The molecule has 1 aliphatic heterocycles. The number of amides is 1. The molecule has 124 valence electrons. The fourth-order valence-electron chi connectivity index (χ4n) is 3.06. The van der Waals surface area contributed by atoms with Gasteiger partial charge < -0.3 is 10.8 Å². The molecule has 0 saturated heterocycles. The van der Waals surface area contributed by atoms with Crippen LogP contribution in [0.5, 0.6) is 0 Å². The van der Waals surface area contributed by atoms with Crippen molar-refractivity contribution >= 4 is 40.8 Å². The van der Waals surface area contributed by atoms with E-state index in [2.05, 4.69) is 16.9 Å². The Morgan fingerprint density at radius 3 is 2.91 bits per heavy atom. The number of aliphatic hydroxyl groups is 1. The van der Waals surface area contributed by atoms with Gasteiger partial charge in [0.05, 0.1) is 15.2 Å². The summed E-state index contributed by atoms with van der Waals surface area (Å²) in [6.45, 7) is 0.507. The van der Waals surface area contributed by atoms with Gasteiger partial charge in [-0.15, -0.1) is 11.3 Å². The number of β-amino-alcohol motifs (C(OH)–C–C–N with tert-alkyl or cyclic N) is 1. The van der Waals surface area contributed by atoms with Gasteiger partial charge in [0.15, 0.2) is 0 Å². The monoisotopic (exact) mass is 370 g/mol. The molecule has 23 heavy (non-hydrogen) atoms. The van der Waals surface area contributed by atoms with Gasteiger partial charge in [-0.25, -0.2) is 0 Å². The quantitative estimate of drug-likeness (QED) is 0.660. The molecular weight excluding hydrogens is 352 g/mol. The Hall–Kier alpha value is -0.790. The highest BCUT2D eigenvalue weighted by Gasteiger charge is 2.25. The van der Waals surface area contributed by atoms with Crippen molar-refractivity contribution in [2.75, 3.05) is 6.54 Å². The molecule has 0 bridgehead atoms. The summed E-state index contributed by atoms with van der Waals surface area (Å²) >= 11 is 8.60. The number of allylic oxidation sites excluding steroid dienone is 4. The summed E-state index contributed by atoms with van der Waals surface area (Å²) in [6.07, 6.45) is 10.1. The number of halogens is 1. The molecule has 1 aromatic heterocycles. The lowest BCUT2D eigenvalue weighted by Crippen LogP contribution is -2.19. The third kappa shape index (κ3) is 4.00. The Morgan fingerprint density at radius 1 is 1.39 bits per heavy atom. The molecule has 1 aromatic rings. The summed E-state index contributed by atoms with van der Waals surface area (Å²) in [5.41, 5.74) is 5.94. The van der Waals surface area contributed by atoms with Crippen LogP contribution in [0.2, 0.25) is 0 Å². The van der Waals surface area contributed by atoms with Crippen molar-refractivity contribution in [3.63, 3.8) is 0 Å². The number of aliphatic hydroxyl groups excluding tert-OH is 1. The van der Waals surface area contributed by atoms with Gasteiger partial charge in [-0.1, -0.05) is 30.2 Å². The Kier molecular flexibility index (Phi) is 5.49. The summed E-state index contributed by atoms with van der Waals surface area (Å²) in [6, 6.07) is 1.67. The zero-order chi connectivity index (χ0) is 16.4. The van der Waals surface area contributed by atoms with Gasteiger partial charge in [0, 0.05) is 17.1 Å².